The van der Waals surface area contributed by atoms with Gasteiger partial charge >= 0.3 is 0 Å². The highest BCUT2D eigenvalue weighted by Crippen LogP contribution is 2.38. The van der Waals surface area contributed by atoms with Crippen molar-refractivity contribution >= 4 is 0 Å². The fraction of sp³-hybridized carbons (Fsp3) is 0.273. The van der Waals surface area contributed by atoms with E-state index in [2.05, 4.69) is 33.6 Å². The van der Waals surface area contributed by atoms with Crippen molar-refractivity contribution in [3.63, 3.8) is 0 Å². The van der Waals surface area contributed by atoms with Crippen molar-refractivity contribution in [2.45, 2.75) is 20.3 Å². The van der Waals surface area contributed by atoms with Crippen LogP contribution in [0.5, 0.6) is 0 Å². The Kier molecular flexibility index (Phi) is 1.86. The first-order valence-electron chi connectivity index (χ1n) is 3.87. The zero-order valence-electron chi connectivity index (χ0n) is 7.33. The van der Waals surface area contributed by atoms with Gasteiger partial charge in [0.2, 0.25) is 0 Å². The maximum atomic E-state index is 3.97. The first kappa shape index (κ1) is 8.06. The van der Waals surface area contributed by atoms with Crippen LogP contribution in [-0.2, 0) is 0 Å². The van der Waals surface area contributed by atoms with Crippen molar-refractivity contribution in [3.05, 3.63) is 47.6 Å². The van der Waals surface area contributed by atoms with Gasteiger partial charge in [-0.25, -0.2) is 0 Å². The average molecular weight is 146 g/mol. The zero-order valence-corrected chi connectivity index (χ0v) is 7.33. The summed E-state index contributed by atoms with van der Waals surface area (Å²) in [5.41, 5.74) is 5.74. The molecule has 1 aliphatic carbocycles. The third-order valence-electron chi connectivity index (χ3n) is 2.35. The maximum Gasteiger partial charge on any atom is -0.0190 e. The molecule has 1 rings (SSSR count). The highest BCUT2D eigenvalue weighted by Gasteiger charge is 2.19. The quantitative estimate of drug-likeness (QED) is 0.532. The van der Waals surface area contributed by atoms with E-state index in [1.165, 1.54) is 11.1 Å². The molecule has 0 saturated heterocycles. The van der Waals surface area contributed by atoms with E-state index >= 15 is 0 Å². The van der Waals surface area contributed by atoms with Gasteiger partial charge in [-0.3, -0.25) is 0 Å². The lowest BCUT2D eigenvalue weighted by Crippen LogP contribution is -1.80. The average Bonchev–Trinajstić information content (AvgIpc) is 2.17. The highest BCUT2D eigenvalue weighted by atomic mass is 14.2. The maximum absolute atomic E-state index is 3.97. The molecule has 0 unspecified atom stereocenters. The van der Waals surface area contributed by atoms with Crippen LogP contribution in [0.4, 0.5) is 0 Å². The summed E-state index contributed by atoms with van der Waals surface area (Å²) < 4.78 is 0. The molecule has 0 radical (unpaired) electrons. The molecular formula is C11H14. The van der Waals surface area contributed by atoms with Gasteiger partial charge in [0, 0.05) is 0 Å². The minimum absolute atomic E-state index is 1.01. The Morgan fingerprint density at radius 2 is 1.55 bits per heavy atom. The zero-order chi connectivity index (χ0) is 8.59. The molecule has 0 aromatic carbocycles. The number of allylic oxidation sites excluding steroid dienone is 5. The Balaban J connectivity index is 3.18. The Labute approximate surface area is 68.6 Å². The van der Waals surface area contributed by atoms with E-state index < -0.39 is 0 Å². The Hall–Kier alpha value is -1.04. The predicted molar refractivity (Wildman–Crippen MR) is 50.4 cm³/mol. The molecule has 0 heteroatoms. The van der Waals surface area contributed by atoms with E-state index in [1.54, 1.807) is 0 Å². The van der Waals surface area contributed by atoms with E-state index in [-0.39, 0.29) is 0 Å². The summed E-state index contributed by atoms with van der Waals surface area (Å²) in [6.07, 6.45) is 1.03. The minimum Gasteiger partial charge on any atom is -0.0909 e. The second kappa shape index (κ2) is 2.54. The van der Waals surface area contributed by atoms with Crippen LogP contribution in [0.25, 0.3) is 0 Å². The molecule has 0 aliphatic heterocycles. The van der Waals surface area contributed by atoms with Gasteiger partial charge in [0.15, 0.2) is 0 Å². The molecule has 58 valence electrons. The van der Waals surface area contributed by atoms with Crippen LogP contribution in [-0.4, -0.2) is 0 Å². The Bertz CT molecular complexity index is 274. The first-order valence-corrected chi connectivity index (χ1v) is 3.87. The van der Waals surface area contributed by atoms with Crippen molar-refractivity contribution in [3.8, 4) is 0 Å². The van der Waals surface area contributed by atoms with Gasteiger partial charge in [-0.1, -0.05) is 26.7 Å². The molecule has 0 fully saturated rings. The first-order chi connectivity index (χ1) is 5.09. The van der Waals surface area contributed by atoms with Gasteiger partial charge in [0.05, 0.1) is 0 Å². The summed E-state index contributed by atoms with van der Waals surface area (Å²) in [5.74, 6) is 0. The highest BCUT2D eigenvalue weighted by molar-refractivity contribution is 5.68. The number of rotatable bonds is 1. The molecule has 11 heavy (non-hydrogen) atoms. The van der Waals surface area contributed by atoms with Crippen LogP contribution in [0, 0.1) is 0 Å². The summed E-state index contributed by atoms with van der Waals surface area (Å²) in [6.45, 7) is 16.1. The largest absolute Gasteiger partial charge is 0.0909 e. The molecule has 0 aromatic rings. The van der Waals surface area contributed by atoms with E-state index in [4.69, 9.17) is 0 Å². The molecule has 0 spiro atoms. The van der Waals surface area contributed by atoms with Crippen molar-refractivity contribution in [2.75, 3.05) is 0 Å². The van der Waals surface area contributed by atoms with Crippen molar-refractivity contribution in [2.24, 2.45) is 0 Å². The van der Waals surface area contributed by atoms with E-state index in [1.807, 2.05) is 0 Å². The SMILES string of the molecule is C=C1C(=C)C(C)=C(CC)C1=C. The molecule has 0 bridgehead atoms. The monoisotopic (exact) mass is 146 g/mol. The number of hydrogen-bond donors (Lipinski definition) is 0. The van der Waals surface area contributed by atoms with Crippen molar-refractivity contribution < 1.29 is 0 Å². The molecule has 0 atom stereocenters. The molecule has 0 N–H and O–H groups in total. The standard InChI is InChI=1S/C11H14/c1-6-11-9(4)7(2)8(3)10(11)5/h2-4,6H2,1,5H3. The van der Waals surface area contributed by atoms with E-state index in [0.717, 1.165) is 23.1 Å². The Morgan fingerprint density at radius 3 is 1.73 bits per heavy atom. The molecule has 0 amide bonds. The minimum atomic E-state index is 1.01. The lowest BCUT2D eigenvalue weighted by atomic mass is 10.1. The van der Waals surface area contributed by atoms with Crippen LogP contribution in [0.15, 0.2) is 47.6 Å². The summed E-state index contributed by atoms with van der Waals surface area (Å²) in [4.78, 5) is 0. The molecule has 0 nitrogen and oxygen atoms in total. The number of hydrogen-bond acceptors (Lipinski definition) is 0. The topological polar surface area (TPSA) is 0 Å². The van der Waals surface area contributed by atoms with Crippen LogP contribution in [0.2, 0.25) is 0 Å². The third-order valence-corrected chi connectivity index (χ3v) is 2.35. The normalized spacial score (nSPS) is 18.5. The third kappa shape index (κ3) is 0.988. The Morgan fingerprint density at radius 1 is 1.00 bits per heavy atom. The van der Waals surface area contributed by atoms with Crippen LogP contribution < -0.4 is 0 Å². The van der Waals surface area contributed by atoms with Crippen LogP contribution >= 0.6 is 0 Å². The van der Waals surface area contributed by atoms with Gasteiger partial charge in [-0.05, 0) is 41.2 Å². The van der Waals surface area contributed by atoms with Gasteiger partial charge in [-0.15, -0.1) is 0 Å². The molecule has 0 heterocycles. The molecular weight excluding hydrogens is 132 g/mol. The van der Waals surface area contributed by atoms with Gasteiger partial charge < -0.3 is 0 Å². The van der Waals surface area contributed by atoms with Crippen LogP contribution in [0.1, 0.15) is 20.3 Å². The lowest BCUT2D eigenvalue weighted by molar-refractivity contribution is 1.12. The molecule has 1 aliphatic rings. The smallest absolute Gasteiger partial charge is 0.0190 e. The summed E-state index contributed by atoms with van der Waals surface area (Å²) in [6, 6.07) is 0. The summed E-state index contributed by atoms with van der Waals surface area (Å²) in [7, 11) is 0. The van der Waals surface area contributed by atoms with E-state index in [9.17, 15) is 0 Å². The summed E-state index contributed by atoms with van der Waals surface area (Å²) >= 11 is 0. The van der Waals surface area contributed by atoms with Gasteiger partial charge in [0.1, 0.15) is 0 Å². The molecule has 0 aromatic heterocycles. The second-order valence-electron chi connectivity index (χ2n) is 2.89. The predicted octanol–water partition coefficient (Wildman–Crippen LogP) is 3.40. The fourth-order valence-corrected chi connectivity index (χ4v) is 1.48. The van der Waals surface area contributed by atoms with Gasteiger partial charge in [-0.2, -0.15) is 0 Å². The van der Waals surface area contributed by atoms with Gasteiger partial charge in [0.25, 0.3) is 0 Å². The van der Waals surface area contributed by atoms with Crippen molar-refractivity contribution in [1.82, 2.24) is 0 Å². The lowest BCUT2D eigenvalue weighted by Gasteiger charge is -1.99. The van der Waals surface area contributed by atoms with Crippen molar-refractivity contribution in [1.29, 1.82) is 0 Å². The fourth-order valence-electron chi connectivity index (χ4n) is 1.48. The van der Waals surface area contributed by atoms with Crippen LogP contribution in [0.3, 0.4) is 0 Å². The second-order valence-corrected chi connectivity index (χ2v) is 2.89. The molecule has 0 saturated carbocycles. The summed E-state index contributed by atoms with van der Waals surface area (Å²) in [5, 5.41) is 0. The van der Waals surface area contributed by atoms with E-state index in [0.29, 0.717) is 0 Å².